The Morgan fingerprint density at radius 2 is 0.930 bits per heavy atom. The van der Waals surface area contributed by atoms with Crippen molar-refractivity contribution in [2.24, 2.45) is 0 Å². The largest absolute Gasteiger partial charge is 0.310 e. The Hall–Kier alpha value is -7.66. The molecule has 0 atom stereocenters. The number of nitrogens with zero attached hydrogens (tertiary/aromatic N) is 4. The zero-order valence-corrected chi connectivity index (χ0v) is 31.6. The van der Waals surface area contributed by atoms with Crippen LogP contribution in [-0.2, 0) is 5.41 Å². The average Bonchev–Trinajstić information content (AvgIpc) is 3.51. The molecule has 10 rings (SSSR count). The van der Waals surface area contributed by atoms with Crippen molar-refractivity contribution in [2.45, 2.75) is 19.3 Å². The lowest BCUT2D eigenvalue weighted by atomic mass is 9.77. The van der Waals surface area contributed by atoms with Gasteiger partial charge in [-0.25, -0.2) is 0 Å². The lowest BCUT2D eigenvalue weighted by molar-refractivity contribution is 0.672. The van der Waals surface area contributed by atoms with E-state index in [1.807, 2.05) is 54.6 Å². The van der Waals surface area contributed by atoms with Crippen LogP contribution in [0.5, 0.6) is 0 Å². The highest BCUT2D eigenvalue weighted by molar-refractivity contribution is 6.20. The van der Waals surface area contributed by atoms with Gasteiger partial charge in [0.05, 0.1) is 23.3 Å². The van der Waals surface area contributed by atoms with Crippen molar-refractivity contribution in [1.82, 2.24) is 0 Å². The van der Waals surface area contributed by atoms with Gasteiger partial charge in [0.2, 0.25) is 0 Å². The minimum atomic E-state index is -0.304. The molecule has 0 heterocycles. The summed E-state index contributed by atoms with van der Waals surface area (Å²) in [6.45, 7) is 4.76. The number of nitriles is 2. The number of rotatable bonds is 6. The standard InChI is InChI=1S/C53H36N4/c1-53(2)51-44-28-25-42(56(38-13-5-3-6-14-38)40-23-20-35(33-54)21-24-40)31-37(44)22-27-48(51)50-46-19-10-9-18-45(46)49-32-43(26-29-47(49)52(50)53)57(39-15-7-4-8-16-39)41-17-11-12-36(30-41)34-55/h3-32H,1-2H3. The zero-order chi connectivity index (χ0) is 38.7. The fourth-order valence-corrected chi connectivity index (χ4v) is 9.16. The second-order valence-electron chi connectivity index (χ2n) is 15.2. The van der Waals surface area contributed by atoms with Crippen LogP contribution in [0.1, 0.15) is 36.1 Å². The van der Waals surface area contributed by atoms with Crippen LogP contribution >= 0.6 is 0 Å². The summed E-state index contributed by atoms with van der Waals surface area (Å²) < 4.78 is 0. The number of anilines is 6. The van der Waals surface area contributed by atoms with Gasteiger partial charge in [0.25, 0.3) is 0 Å². The van der Waals surface area contributed by atoms with Crippen LogP contribution in [0.15, 0.2) is 182 Å². The van der Waals surface area contributed by atoms with E-state index in [2.05, 4.69) is 163 Å². The minimum absolute atomic E-state index is 0.304. The predicted molar refractivity (Wildman–Crippen MR) is 235 cm³/mol. The van der Waals surface area contributed by atoms with Crippen LogP contribution in [0.3, 0.4) is 0 Å². The van der Waals surface area contributed by atoms with E-state index >= 15 is 0 Å². The van der Waals surface area contributed by atoms with Crippen molar-refractivity contribution in [1.29, 1.82) is 10.5 Å². The van der Waals surface area contributed by atoms with Crippen molar-refractivity contribution < 1.29 is 0 Å². The van der Waals surface area contributed by atoms with Gasteiger partial charge in [-0.05, 0) is 146 Å². The SMILES string of the molecule is CC1(C)c2c(ccc3cc(N(c4ccccc4)c4ccc(C#N)cc4)ccc23)-c2c1c1ccc(N(c3ccccc3)c3cccc(C#N)c3)cc1c1ccccc21. The summed E-state index contributed by atoms with van der Waals surface area (Å²) >= 11 is 0. The molecule has 0 aromatic heterocycles. The molecule has 0 radical (unpaired) electrons. The highest BCUT2D eigenvalue weighted by Gasteiger charge is 2.40. The molecule has 0 fully saturated rings. The van der Waals surface area contributed by atoms with E-state index in [1.54, 1.807) is 0 Å². The maximum atomic E-state index is 9.79. The van der Waals surface area contributed by atoms with E-state index < -0.39 is 0 Å². The zero-order valence-electron chi connectivity index (χ0n) is 31.6. The average molecular weight is 729 g/mol. The Balaban J connectivity index is 1.16. The van der Waals surface area contributed by atoms with Gasteiger partial charge in [0.1, 0.15) is 0 Å². The van der Waals surface area contributed by atoms with Crippen molar-refractivity contribution in [3.63, 3.8) is 0 Å². The summed E-state index contributed by atoms with van der Waals surface area (Å²) in [5.41, 5.74) is 12.3. The molecule has 0 saturated heterocycles. The van der Waals surface area contributed by atoms with Crippen LogP contribution in [0.25, 0.3) is 43.4 Å². The van der Waals surface area contributed by atoms with E-state index in [9.17, 15) is 10.5 Å². The number of benzene rings is 9. The quantitative estimate of drug-likeness (QED) is 0.160. The third kappa shape index (κ3) is 5.42. The molecule has 0 unspecified atom stereocenters. The summed E-state index contributed by atoms with van der Waals surface area (Å²) in [5, 5.41) is 26.6. The molecule has 4 heteroatoms. The van der Waals surface area contributed by atoms with E-state index in [0.29, 0.717) is 11.1 Å². The van der Waals surface area contributed by atoms with Crippen LogP contribution in [0, 0.1) is 22.7 Å². The Bertz CT molecular complexity index is 3120. The minimum Gasteiger partial charge on any atom is -0.310 e. The molecule has 57 heavy (non-hydrogen) atoms. The maximum absolute atomic E-state index is 9.79. The summed E-state index contributed by atoms with van der Waals surface area (Å²) in [7, 11) is 0. The fraction of sp³-hybridized carbons (Fsp3) is 0.0566. The molecule has 1 aliphatic rings. The van der Waals surface area contributed by atoms with Gasteiger partial charge in [-0.1, -0.05) is 105 Å². The van der Waals surface area contributed by atoms with Crippen LogP contribution in [0.4, 0.5) is 34.1 Å². The van der Waals surface area contributed by atoms with Gasteiger partial charge in [-0.2, -0.15) is 10.5 Å². The van der Waals surface area contributed by atoms with Gasteiger partial charge in [0.15, 0.2) is 0 Å². The van der Waals surface area contributed by atoms with Crippen molar-refractivity contribution in [3.8, 4) is 23.3 Å². The summed E-state index contributed by atoms with van der Waals surface area (Å²) in [6, 6.07) is 68.1. The molecule has 0 bridgehead atoms. The molecular weight excluding hydrogens is 693 g/mol. The van der Waals surface area contributed by atoms with Gasteiger partial charge in [0, 0.05) is 39.5 Å². The van der Waals surface area contributed by atoms with Crippen molar-refractivity contribution in [3.05, 3.63) is 204 Å². The number of fused-ring (bicyclic) bond motifs is 10. The molecule has 0 spiro atoms. The third-order valence-electron chi connectivity index (χ3n) is 11.6. The Labute approximate surface area is 332 Å². The fourth-order valence-electron chi connectivity index (χ4n) is 9.16. The van der Waals surface area contributed by atoms with Gasteiger partial charge >= 0.3 is 0 Å². The molecular formula is C53H36N4. The molecule has 4 nitrogen and oxygen atoms in total. The molecule has 0 amide bonds. The van der Waals surface area contributed by atoms with Crippen molar-refractivity contribution in [2.75, 3.05) is 9.80 Å². The first-order chi connectivity index (χ1) is 27.9. The molecule has 268 valence electrons. The smallest absolute Gasteiger partial charge is 0.0992 e. The second-order valence-corrected chi connectivity index (χ2v) is 15.2. The lowest BCUT2D eigenvalue weighted by Gasteiger charge is -2.28. The Morgan fingerprint density at radius 1 is 0.386 bits per heavy atom. The highest BCUT2D eigenvalue weighted by Crippen LogP contribution is 2.57. The van der Waals surface area contributed by atoms with E-state index in [4.69, 9.17) is 0 Å². The Morgan fingerprint density at radius 3 is 1.61 bits per heavy atom. The van der Waals surface area contributed by atoms with Crippen LogP contribution in [0.2, 0.25) is 0 Å². The molecule has 1 aliphatic carbocycles. The van der Waals surface area contributed by atoms with Crippen LogP contribution in [-0.4, -0.2) is 0 Å². The van der Waals surface area contributed by atoms with Crippen molar-refractivity contribution >= 4 is 66.4 Å². The first-order valence-corrected chi connectivity index (χ1v) is 19.2. The van der Waals surface area contributed by atoms with E-state index in [1.165, 1.54) is 54.6 Å². The highest BCUT2D eigenvalue weighted by atomic mass is 15.1. The number of hydrogen-bond acceptors (Lipinski definition) is 4. The van der Waals surface area contributed by atoms with Gasteiger partial charge in [-0.3, -0.25) is 0 Å². The number of hydrogen-bond donors (Lipinski definition) is 0. The molecule has 0 saturated carbocycles. The molecule has 9 aromatic rings. The predicted octanol–water partition coefficient (Wildman–Crippen LogP) is 14.1. The maximum Gasteiger partial charge on any atom is 0.0992 e. The lowest BCUT2D eigenvalue weighted by Crippen LogP contribution is -2.16. The normalized spacial score (nSPS) is 12.5. The summed E-state index contributed by atoms with van der Waals surface area (Å²) in [5.74, 6) is 0. The Kier molecular flexibility index (Phi) is 7.89. The van der Waals surface area contributed by atoms with E-state index in [0.717, 1.165) is 34.1 Å². The first kappa shape index (κ1) is 33.9. The first-order valence-electron chi connectivity index (χ1n) is 19.2. The molecule has 9 aromatic carbocycles. The molecule has 0 aliphatic heterocycles. The summed E-state index contributed by atoms with van der Waals surface area (Å²) in [6.07, 6.45) is 0. The summed E-state index contributed by atoms with van der Waals surface area (Å²) in [4.78, 5) is 4.49. The molecule has 0 N–H and O–H groups in total. The van der Waals surface area contributed by atoms with Crippen LogP contribution < -0.4 is 9.80 Å². The third-order valence-corrected chi connectivity index (χ3v) is 11.6. The topological polar surface area (TPSA) is 54.1 Å². The van der Waals surface area contributed by atoms with Gasteiger partial charge < -0.3 is 9.80 Å². The van der Waals surface area contributed by atoms with Gasteiger partial charge in [-0.15, -0.1) is 0 Å². The second kappa shape index (κ2) is 13.3. The monoisotopic (exact) mass is 728 g/mol. The number of para-hydroxylation sites is 2. The van der Waals surface area contributed by atoms with E-state index in [-0.39, 0.29) is 5.41 Å².